The third-order valence-electron chi connectivity index (χ3n) is 7.55. The number of hydrogen-bond donors (Lipinski definition) is 5. The Morgan fingerprint density at radius 3 is 1.67 bits per heavy atom. The Morgan fingerprint density at radius 2 is 1.19 bits per heavy atom. The molecule has 204 valence electrons. The molecular weight excluding hydrogens is 462 g/mol. The smallest absolute Gasteiger partial charge is 0.234 e. The number of nitrogens with one attached hydrogen (secondary N) is 5. The van der Waals surface area contributed by atoms with Gasteiger partial charge in [0.15, 0.2) is 0 Å². The van der Waals surface area contributed by atoms with Crippen LogP contribution >= 0.6 is 0 Å². The highest BCUT2D eigenvalue weighted by Gasteiger charge is 2.33. The average molecular weight is 508 g/mol. The molecule has 36 heavy (non-hydrogen) atoms. The van der Waals surface area contributed by atoms with Gasteiger partial charge in [-0.1, -0.05) is 13.8 Å². The summed E-state index contributed by atoms with van der Waals surface area (Å²) in [5.41, 5.74) is 0. The van der Waals surface area contributed by atoms with Crippen LogP contribution in [0.15, 0.2) is 0 Å². The van der Waals surface area contributed by atoms with Gasteiger partial charge in [-0.25, -0.2) is 0 Å². The van der Waals surface area contributed by atoms with E-state index in [2.05, 4.69) is 40.4 Å². The molecule has 0 radical (unpaired) electrons. The minimum atomic E-state index is -0.469. The van der Waals surface area contributed by atoms with Gasteiger partial charge in [0.25, 0.3) is 0 Å². The molecule has 2 fully saturated rings. The lowest BCUT2D eigenvalue weighted by molar-refractivity contribution is -0.130. The maximum Gasteiger partial charge on any atom is 0.234 e. The van der Waals surface area contributed by atoms with Crippen molar-refractivity contribution in [2.24, 2.45) is 23.7 Å². The second kappa shape index (κ2) is 14.9. The van der Waals surface area contributed by atoms with Crippen LogP contribution in [-0.4, -0.2) is 61.8 Å². The molecule has 2 saturated carbocycles. The van der Waals surface area contributed by atoms with Crippen LogP contribution in [0.5, 0.6) is 0 Å². The Morgan fingerprint density at radius 1 is 0.694 bits per heavy atom. The summed E-state index contributed by atoms with van der Waals surface area (Å²) in [6.45, 7) is 5.97. The van der Waals surface area contributed by atoms with Gasteiger partial charge in [0.2, 0.25) is 23.6 Å². The van der Waals surface area contributed by atoms with Crippen molar-refractivity contribution >= 4 is 29.4 Å². The first-order valence-electron chi connectivity index (χ1n) is 13.3. The molecule has 2 rings (SSSR count). The fourth-order valence-electron chi connectivity index (χ4n) is 5.76. The standard InChI is InChI=1S/C26H45N5O5/c1-16-9-19(12-20-6-8-22(17(2)10-20)31-26(36)14-27-4)5-7-21(16)30-25(35)13-24(34)29-15-28-23(33)11-18(3)32/h16-17,19-22,27H,5-15H2,1-4H3,(H,28,33)(H,29,34)(H,30,35)(H,31,36). The van der Waals surface area contributed by atoms with E-state index in [1.54, 1.807) is 7.05 Å². The van der Waals surface area contributed by atoms with E-state index in [4.69, 9.17) is 0 Å². The van der Waals surface area contributed by atoms with Crippen molar-refractivity contribution in [3.63, 3.8) is 0 Å². The van der Waals surface area contributed by atoms with E-state index >= 15 is 0 Å². The molecule has 0 saturated heterocycles. The first kappa shape index (κ1) is 29.7. The maximum absolute atomic E-state index is 12.4. The van der Waals surface area contributed by atoms with Crippen LogP contribution in [0.1, 0.15) is 78.6 Å². The van der Waals surface area contributed by atoms with Gasteiger partial charge in [0, 0.05) is 12.1 Å². The number of rotatable bonds is 12. The fourth-order valence-corrected chi connectivity index (χ4v) is 5.76. The lowest BCUT2D eigenvalue weighted by Gasteiger charge is -2.39. The number of ketones is 1. The van der Waals surface area contributed by atoms with E-state index in [0.29, 0.717) is 30.2 Å². The van der Waals surface area contributed by atoms with Crippen molar-refractivity contribution in [3.05, 3.63) is 0 Å². The van der Waals surface area contributed by atoms with Gasteiger partial charge in [0.05, 0.1) is 19.6 Å². The highest BCUT2D eigenvalue weighted by Crippen LogP contribution is 2.39. The number of amides is 4. The minimum absolute atomic E-state index is 0.0638. The van der Waals surface area contributed by atoms with Crippen molar-refractivity contribution < 1.29 is 24.0 Å². The summed E-state index contributed by atoms with van der Waals surface area (Å²) in [7, 11) is 1.78. The molecule has 0 aliphatic heterocycles. The zero-order chi connectivity index (χ0) is 26.7. The maximum atomic E-state index is 12.4. The Balaban J connectivity index is 1.66. The second-order valence-electron chi connectivity index (χ2n) is 10.9. The van der Waals surface area contributed by atoms with Crippen molar-refractivity contribution in [1.82, 2.24) is 26.6 Å². The predicted molar refractivity (Wildman–Crippen MR) is 136 cm³/mol. The van der Waals surface area contributed by atoms with E-state index < -0.39 is 11.8 Å². The normalized spacial score (nSPS) is 28.0. The molecular formula is C26H45N5O5. The van der Waals surface area contributed by atoms with Gasteiger partial charge >= 0.3 is 0 Å². The molecule has 0 spiro atoms. The van der Waals surface area contributed by atoms with Crippen molar-refractivity contribution in [2.45, 2.75) is 90.6 Å². The summed E-state index contributed by atoms with van der Waals surface area (Å²) in [6.07, 6.45) is 7.03. The fraction of sp³-hybridized carbons (Fsp3) is 0.808. The number of carbonyl (C=O) groups is 5. The summed E-state index contributed by atoms with van der Waals surface area (Å²) in [5.74, 6) is 0.710. The number of Topliss-reactive ketones (excluding diaryl/α,β-unsaturated/α-hetero) is 1. The number of carbonyl (C=O) groups excluding carboxylic acids is 5. The van der Waals surface area contributed by atoms with Crippen molar-refractivity contribution in [2.75, 3.05) is 20.3 Å². The van der Waals surface area contributed by atoms with Gasteiger partial charge < -0.3 is 26.6 Å². The molecule has 6 atom stereocenters. The third kappa shape index (κ3) is 10.6. The van der Waals surface area contributed by atoms with Gasteiger partial charge in [0.1, 0.15) is 12.2 Å². The molecule has 0 bridgehead atoms. The zero-order valence-corrected chi connectivity index (χ0v) is 22.3. The van der Waals surface area contributed by atoms with Crippen LogP contribution in [0.2, 0.25) is 0 Å². The first-order chi connectivity index (χ1) is 17.1. The average Bonchev–Trinajstić information content (AvgIpc) is 2.77. The summed E-state index contributed by atoms with van der Waals surface area (Å²) in [5, 5.41) is 14.0. The van der Waals surface area contributed by atoms with E-state index in [-0.39, 0.29) is 49.2 Å². The van der Waals surface area contributed by atoms with Crippen LogP contribution in [0.25, 0.3) is 0 Å². The molecule has 6 unspecified atom stereocenters. The monoisotopic (exact) mass is 507 g/mol. The minimum Gasteiger partial charge on any atom is -0.353 e. The van der Waals surface area contributed by atoms with Gasteiger partial charge in [-0.05, 0) is 82.6 Å². The van der Waals surface area contributed by atoms with Gasteiger partial charge in [-0.15, -0.1) is 0 Å². The number of hydrogen-bond acceptors (Lipinski definition) is 6. The van der Waals surface area contributed by atoms with Crippen molar-refractivity contribution in [1.29, 1.82) is 0 Å². The van der Waals surface area contributed by atoms with Crippen LogP contribution < -0.4 is 26.6 Å². The van der Waals surface area contributed by atoms with E-state index in [9.17, 15) is 24.0 Å². The third-order valence-corrected chi connectivity index (χ3v) is 7.55. The molecule has 4 amide bonds. The molecule has 5 N–H and O–H groups in total. The Labute approximate surface area is 214 Å². The van der Waals surface area contributed by atoms with Crippen LogP contribution in [-0.2, 0) is 24.0 Å². The zero-order valence-electron chi connectivity index (χ0n) is 22.3. The summed E-state index contributed by atoms with van der Waals surface area (Å²) in [4.78, 5) is 58.6. The molecule has 0 aromatic heterocycles. The molecule has 0 aromatic rings. The topological polar surface area (TPSA) is 146 Å². The Kier molecular flexibility index (Phi) is 12.3. The summed E-state index contributed by atoms with van der Waals surface area (Å²) < 4.78 is 0. The molecule has 10 heteroatoms. The first-order valence-corrected chi connectivity index (χ1v) is 13.3. The molecule has 0 heterocycles. The Hall–Kier alpha value is -2.49. The lowest BCUT2D eigenvalue weighted by Crippen LogP contribution is -2.46. The quantitative estimate of drug-likeness (QED) is 0.197. The van der Waals surface area contributed by atoms with Gasteiger partial charge in [-0.2, -0.15) is 0 Å². The van der Waals surface area contributed by atoms with Gasteiger partial charge in [-0.3, -0.25) is 24.0 Å². The molecule has 10 nitrogen and oxygen atoms in total. The molecule has 2 aliphatic rings. The largest absolute Gasteiger partial charge is 0.353 e. The molecule has 2 aliphatic carbocycles. The highest BCUT2D eigenvalue weighted by molar-refractivity contribution is 5.98. The van der Waals surface area contributed by atoms with Crippen LogP contribution in [0.3, 0.4) is 0 Å². The van der Waals surface area contributed by atoms with E-state index in [1.165, 1.54) is 13.3 Å². The number of likely N-dealkylation sites (N-methyl/N-ethyl adjacent to an activating group) is 1. The summed E-state index contributed by atoms with van der Waals surface area (Å²) >= 11 is 0. The van der Waals surface area contributed by atoms with Crippen LogP contribution in [0, 0.1) is 23.7 Å². The Bertz CT molecular complexity index is 789. The lowest BCUT2D eigenvalue weighted by atomic mass is 9.70. The SMILES string of the molecule is CNCC(=O)NC1CCC(CC2CCC(NC(=O)CC(=O)NCNC(=O)CC(C)=O)C(C)C2)CC1C. The van der Waals surface area contributed by atoms with E-state index in [0.717, 1.165) is 38.5 Å². The van der Waals surface area contributed by atoms with E-state index in [1.807, 2.05) is 0 Å². The predicted octanol–water partition coefficient (Wildman–Crippen LogP) is 0.997. The highest BCUT2D eigenvalue weighted by atomic mass is 16.2. The van der Waals surface area contributed by atoms with Crippen molar-refractivity contribution in [3.8, 4) is 0 Å². The molecule has 0 aromatic carbocycles. The second-order valence-corrected chi connectivity index (χ2v) is 10.9. The summed E-state index contributed by atoms with van der Waals surface area (Å²) in [6, 6.07) is 0.329. The van der Waals surface area contributed by atoms with Crippen LogP contribution in [0.4, 0.5) is 0 Å².